The third-order valence-corrected chi connectivity index (χ3v) is 4.09. The molecular weight excluding hydrogens is 306 g/mol. The lowest BCUT2D eigenvalue weighted by Crippen LogP contribution is -2.31. The molecule has 3 N–H and O–H groups in total. The minimum atomic E-state index is -0.145. The number of rotatable bonds is 4. The number of nitrogens with zero attached hydrogens (tertiary/aromatic N) is 1. The number of thiazole rings is 1. The highest BCUT2D eigenvalue weighted by Gasteiger charge is 2.18. The number of carbonyl (C=O) groups excluding carboxylic acids is 1. The monoisotopic (exact) mass is 325 g/mol. The molecule has 0 bridgehead atoms. The molecule has 0 saturated heterocycles. The summed E-state index contributed by atoms with van der Waals surface area (Å²) in [6, 6.07) is 5.33. The van der Waals surface area contributed by atoms with Crippen molar-refractivity contribution in [3.05, 3.63) is 23.2 Å². The summed E-state index contributed by atoms with van der Waals surface area (Å²) in [6.07, 6.45) is 1.10. The Morgan fingerprint density at radius 3 is 2.86 bits per heavy atom. The van der Waals surface area contributed by atoms with Gasteiger partial charge in [-0.3, -0.25) is 4.79 Å². The van der Waals surface area contributed by atoms with Crippen LogP contribution in [0.1, 0.15) is 33.6 Å². The molecule has 21 heavy (non-hydrogen) atoms. The second-order valence-electron chi connectivity index (χ2n) is 6.41. The second kappa shape index (κ2) is 6.30. The molecule has 0 saturated carbocycles. The number of amides is 1. The molecule has 0 aliphatic rings. The molecule has 1 amide bonds. The minimum absolute atomic E-state index is 0.100. The standard InChI is InChI=1S/C15H20ClN3OS/c1-15(2,3)8-10(17)7-13(20)19-14-18-11-5-4-9(16)6-12(11)21-14/h4-6,10H,7-8,17H2,1-3H3,(H,18,19,20). The van der Waals surface area contributed by atoms with E-state index in [4.69, 9.17) is 17.3 Å². The van der Waals surface area contributed by atoms with Crippen LogP contribution in [0.25, 0.3) is 10.2 Å². The van der Waals surface area contributed by atoms with Gasteiger partial charge in [-0.15, -0.1) is 0 Å². The molecule has 0 spiro atoms. The van der Waals surface area contributed by atoms with Gasteiger partial charge in [0.1, 0.15) is 0 Å². The SMILES string of the molecule is CC(C)(C)CC(N)CC(=O)Nc1nc2ccc(Cl)cc2s1. The predicted molar refractivity (Wildman–Crippen MR) is 89.9 cm³/mol. The number of benzene rings is 1. The summed E-state index contributed by atoms with van der Waals surface area (Å²) in [5.74, 6) is -0.100. The Bertz CT molecular complexity index is 648. The normalized spacial score (nSPS) is 13.4. The third kappa shape index (κ3) is 4.95. The first-order chi connectivity index (χ1) is 9.73. The number of aromatic nitrogens is 1. The van der Waals surface area contributed by atoms with Gasteiger partial charge in [0, 0.05) is 17.5 Å². The lowest BCUT2D eigenvalue weighted by atomic mass is 9.87. The van der Waals surface area contributed by atoms with E-state index in [0.29, 0.717) is 16.6 Å². The van der Waals surface area contributed by atoms with Crippen LogP contribution in [0, 0.1) is 5.41 Å². The molecular formula is C15H20ClN3OS. The Morgan fingerprint density at radius 2 is 2.19 bits per heavy atom. The number of hydrogen-bond acceptors (Lipinski definition) is 4. The van der Waals surface area contributed by atoms with E-state index in [1.165, 1.54) is 11.3 Å². The maximum Gasteiger partial charge on any atom is 0.227 e. The van der Waals surface area contributed by atoms with Crippen LogP contribution < -0.4 is 11.1 Å². The first kappa shape index (κ1) is 16.2. The van der Waals surface area contributed by atoms with E-state index in [1.54, 1.807) is 6.07 Å². The van der Waals surface area contributed by atoms with Crippen LogP contribution in [-0.2, 0) is 4.79 Å². The molecule has 1 aromatic heterocycles. The largest absolute Gasteiger partial charge is 0.327 e. The van der Waals surface area contributed by atoms with Gasteiger partial charge in [-0.2, -0.15) is 0 Å². The number of hydrogen-bond donors (Lipinski definition) is 2. The van der Waals surface area contributed by atoms with Gasteiger partial charge in [-0.25, -0.2) is 4.98 Å². The summed E-state index contributed by atoms with van der Waals surface area (Å²) in [7, 11) is 0. The zero-order valence-corrected chi connectivity index (χ0v) is 14.0. The Labute approximate surface area is 133 Å². The molecule has 0 fully saturated rings. The fourth-order valence-corrected chi connectivity index (χ4v) is 3.38. The Kier molecular flexibility index (Phi) is 4.86. The number of carbonyl (C=O) groups is 1. The van der Waals surface area contributed by atoms with Crippen molar-refractivity contribution in [1.82, 2.24) is 4.98 Å². The van der Waals surface area contributed by atoms with Crippen LogP contribution in [0.2, 0.25) is 5.02 Å². The topological polar surface area (TPSA) is 68.0 Å². The Balaban J connectivity index is 1.98. The molecule has 1 unspecified atom stereocenters. The molecule has 0 aliphatic carbocycles. The Morgan fingerprint density at radius 1 is 1.48 bits per heavy atom. The maximum atomic E-state index is 12.0. The molecule has 0 radical (unpaired) electrons. The van der Waals surface area contributed by atoms with Gasteiger partial charge in [-0.05, 0) is 30.0 Å². The summed E-state index contributed by atoms with van der Waals surface area (Å²) < 4.78 is 0.955. The van der Waals surface area contributed by atoms with Crippen LogP contribution in [-0.4, -0.2) is 16.9 Å². The van der Waals surface area contributed by atoms with Crippen molar-refractivity contribution >= 4 is 44.2 Å². The van der Waals surface area contributed by atoms with Gasteiger partial charge in [0.25, 0.3) is 0 Å². The van der Waals surface area contributed by atoms with Crippen LogP contribution in [0.15, 0.2) is 18.2 Å². The molecule has 0 aliphatic heterocycles. The molecule has 4 nitrogen and oxygen atoms in total. The van der Waals surface area contributed by atoms with E-state index < -0.39 is 0 Å². The molecule has 1 aromatic carbocycles. The van der Waals surface area contributed by atoms with Crippen LogP contribution >= 0.6 is 22.9 Å². The molecule has 1 heterocycles. The van der Waals surface area contributed by atoms with Gasteiger partial charge < -0.3 is 11.1 Å². The van der Waals surface area contributed by atoms with E-state index >= 15 is 0 Å². The van der Waals surface area contributed by atoms with Gasteiger partial charge >= 0.3 is 0 Å². The summed E-state index contributed by atoms with van der Waals surface area (Å²) in [6.45, 7) is 6.34. The van der Waals surface area contributed by atoms with E-state index in [-0.39, 0.29) is 17.4 Å². The highest BCUT2D eigenvalue weighted by Crippen LogP contribution is 2.28. The van der Waals surface area contributed by atoms with Crippen molar-refractivity contribution < 1.29 is 4.79 Å². The lowest BCUT2D eigenvalue weighted by molar-refractivity contribution is -0.116. The van der Waals surface area contributed by atoms with Crippen molar-refractivity contribution in [3.63, 3.8) is 0 Å². The summed E-state index contributed by atoms with van der Waals surface area (Å²) in [4.78, 5) is 16.4. The number of nitrogens with one attached hydrogen (secondary N) is 1. The van der Waals surface area contributed by atoms with E-state index in [1.807, 2.05) is 12.1 Å². The van der Waals surface area contributed by atoms with Crippen LogP contribution in [0.3, 0.4) is 0 Å². The first-order valence-corrected chi connectivity index (χ1v) is 8.04. The first-order valence-electron chi connectivity index (χ1n) is 6.84. The van der Waals surface area contributed by atoms with Gasteiger partial charge in [-0.1, -0.05) is 43.7 Å². The highest BCUT2D eigenvalue weighted by molar-refractivity contribution is 7.22. The van der Waals surface area contributed by atoms with Crippen molar-refractivity contribution in [2.24, 2.45) is 11.1 Å². The number of anilines is 1. The predicted octanol–water partition coefficient (Wildman–Crippen LogP) is 4.04. The van der Waals surface area contributed by atoms with E-state index in [0.717, 1.165) is 16.6 Å². The number of halogens is 1. The molecule has 2 aromatic rings. The average Bonchev–Trinajstić information content (AvgIpc) is 2.66. The Hall–Kier alpha value is -1.17. The van der Waals surface area contributed by atoms with Crippen LogP contribution in [0.4, 0.5) is 5.13 Å². The number of nitrogens with two attached hydrogens (primary N) is 1. The van der Waals surface area contributed by atoms with Crippen molar-refractivity contribution in [2.75, 3.05) is 5.32 Å². The zero-order chi connectivity index (χ0) is 15.6. The number of fused-ring (bicyclic) bond motifs is 1. The van der Waals surface area contributed by atoms with Gasteiger partial charge in [0.05, 0.1) is 10.2 Å². The van der Waals surface area contributed by atoms with Crippen molar-refractivity contribution in [2.45, 2.75) is 39.7 Å². The molecule has 114 valence electrons. The molecule has 6 heteroatoms. The van der Waals surface area contributed by atoms with Gasteiger partial charge in [0.2, 0.25) is 5.91 Å². The zero-order valence-electron chi connectivity index (χ0n) is 12.4. The van der Waals surface area contributed by atoms with Gasteiger partial charge in [0.15, 0.2) is 5.13 Å². The third-order valence-electron chi connectivity index (χ3n) is 2.92. The summed E-state index contributed by atoms with van der Waals surface area (Å²) in [5, 5.41) is 4.06. The second-order valence-corrected chi connectivity index (χ2v) is 7.88. The maximum absolute atomic E-state index is 12.0. The lowest BCUT2D eigenvalue weighted by Gasteiger charge is -2.22. The fraction of sp³-hybridized carbons (Fsp3) is 0.467. The van der Waals surface area contributed by atoms with Crippen LogP contribution in [0.5, 0.6) is 0 Å². The van der Waals surface area contributed by atoms with E-state index in [9.17, 15) is 4.79 Å². The van der Waals surface area contributed by atoms with E-state index in [2.05, 4.69) is 31.1 Å². The molecule has 1 atom stereocenters. The fourth-order valence-electron chi connectivity index (χ4n) is 2.22. The molecule has 2 rings (SSSR count). The van der Waals surface area contributed by atoms with Crippen molar-refractivity contribution in [1.29, 1.82) is 0 Å². The highest BCUT2D eigenvalue weighted by atomic mass is 35.5. The summed E-state index contributed by atoms with van der Waals surface area (Å²) in [5.41, 5.74) is 6.96. The quantitative estimate of drug-likeness (QED) is 0.891. The smallest absolute Gasteiger partial charge is 0.227 e. The minimum Gasteiger partial charge on any atom is -0.327 e. The van der Waals surface area contributed by atoms with Crippen molar-refractivity contribution in [3.8, 4) is 0 Å². The average molecular weight is 326 g/mol. The summed E-state index contributed by atoms with van der Waals surface area (Å²) >= 11 is 7.35.